The van der Waals surface area contributed by atoms with Crippen molar-refractivity contribution in [1.29, 1.82) is 0 Å². The molecule has 1 aromatic carbocycles. The molecule has 3 amide bonds. The third-order valence-electron chi connectivity index (χ3n) is 3.91. The summed E-state index contributed by atoms with van der Waals surface area (Å²) in [5.41, 5.74) is 0.843. The zero-order chi connectivity index (χ0) is 18.0. The second-order valence-electron chi connectivity index (χ2n) is 5.94. The minimum Gasteiger partial charge on any atom is -0.331 e. The second kappa shape index (κ2) is 7.37. The number of hydrogen-bond acceptors (Lipinski definition) is 5. The fraction of sp³-hybridized carbons (Fsp3) is 0.375. The Morgan fingerprint density at radius 2 is 2.16 bits per heavy atom. The van der Waals surface area contributed by atoms with E-state index in [-0.39, 0.29) is 11.9 Å². The van der Waals surface area contributed by atoms with Gasteiger partial charge in [0.2, 0.25) is 11.0 Å². The number of aromatic nitrogens is 2. The van der Waals surface area contributed by atoms with Gasteiger partial charge in [-0.1, -0.05) is 35.1 Å². The summed E-state index contributed by atoms with van der Waals surface area (Å²) in [4.78, 5) is 27.8. The molecule has 1 saturated heterocycles. The monoisotopic (exact) mass is 379 g/mol. The summed E-state index contributed by atoms with van der Waals surface area (Å²) in [7, 11) is 3.36. The lowest BCUT2D eigenvalue weighted by atomic mass is 10.2. The standard InChI is InChI=1S/C16H18ClN5O2S/c1-21(2)16(24)22-8-4-7-12(22)13(23)18-15-20-19-14(25-15)10-5-3-6-11(17)9-10/h3,5-6,9,12H,4,7-8H2,1-2H3,(H,18,20,23). The van der Waals surface area contributed by atoms with Gasteiger partial charge in [0.05, 0.1) is 0 Å². The Morgan fingerprint density at radius 3 is 2.88 bits per heavy atom. The number of hydrogen-bond donors (Lipinski definition) is 1. The zero-order valence-corrected chi connectivity index (χ0v) is 15.5. The van der Waals surface area contributed by atoms with Crippen LogP contribution < -0.4 is 5.32 Å². The minimum absolute atomic E-state index is 0.158. The molecule has 1 fully saturated rings. The number of carbonyl (C=O) groups excluding carboxylic acids is 2. The van der Waals surface area contributed by atoms with Crippen LogP contribution in [0.25, 0.3) is 10.6 Å². The third-order valence-corrected chi connectivity index (χ3v) is 5.03. The Balaban J connectivity index is 1.70. The van der Waals surface area contributed by atoms with E-state index in [1.54, 1.807) is 31.1 Å². The highest BCUT2D eigenvalue weighted by Crippen LogP contribution is 2.28. The summed E-state index contributed by atoms with van der Waals surface area (Å²) in [6.07, 6.45) is 1.45. The van der Waals surface area contributed by atoms with Crippen molar-refractivity contribution < 1.29 is 9.59 Å². The summed E-state index contributed by atoms with van der Waals surface area (Å²) in [6.45, 7) is 0.582. The molecule has 2 aromatic rings. The number of benzene rings is 1. The van der Waals surface area contributed by atoms with Crippen LogP contribution in [0.15, 0.2) is 24.3 Å². The van der Waals surface area contributed by atoms with Crippen LogP contribution in [-0.4, -0.2) is 58.6 Å². The van der Waals surface area contributed by atoms with Crippen molar-refractivity contribution in [1.82, 2.24) is 20.0 Å². The molecule has 0 saturated carbocycles. The number of urea groups is 1. The van der Waals surface area contributed by atoms with Gasteiger partial charge in [-0.2, -0.15) is 0 Å². The normalized spacial score (nSPS) is 16.8. The number of amides is 3. The molecule has 1 aromatic heterocycles. The average Bonchev–Trinajstić information content (AvgIpc) is 3.23. The van der Waals surface area contributed by atoms with Gasteiger partial charge in [-0.25, -0.2) is 4.79 Å². The van der Waals surface area contributed by atoms with E-state index in [2.05, 4.69) is 15.5 Å². The number of carbonyl (C=O) groups is 2. The van der Waals surface area contributed by atoms with Crippen LogP contribution >= 0.6 is 22.9 Å². The number of anilines is 1. The molecule has 7 nitrogen and oxygen atoms in total. The first-order chi connectivity index (χ1) is 12.0. The summed E-state index contributed by atoms with van der Waals surface area (Å²) in [6, 6.07) is 6.66. The predicted molar refractivity (Wildman–Crippen MR) is 97.8 cm³/mol. The van der Waals surface area contributed by atoms with Crippen molar-refractivity contribution in [3.8, 4) is 10.6 Å². The molecule has 1 aliphatic heterocycles. The number of nitrogens with one attached hydrogen (secondary N) is 1. The van der Waals surface area contributed by atoms with Crippen LogP contribution in [0.5, 0.6) is 0 Å². The fourth-order valence-electron chi connectivity index (χ4n) is 2.73. The van der Waals surface area contributed by atoms with Crippen LogP contribution in [0, 0.1) is 0 Å². The summed E-state index contributed by atoms with van der Waals surface area (Å²) >= 11 is 7.26. The van der Waals surface area contributed by atoms with Crippen LogP contribution in [-0.2, 0) is 4.79 Å². The Bertz CT molecular complexity index is 794. The lowest BCUT2D eigenvalue weighted by molar-refractivity contribution is -0.119. The molecule has 9 heteroatoms. The van der Waals surface area contributed by atoms with Crippen molar-refractivity contribution in [2.45, 2.75) is 18.9 Å². The number of rotatable bonds is 3. The SMILES string of the molecule is CN(C)C(=O)N1CCCC1C(=O)Nc1nnc(-c2cccc(Cl)c2)s1. The summed E-state index contributed by atoms with van der Waals surface area (Å²) < 4.78 is 0. The van der Waals surface area contributed by atoms with E-state index in [1.807, 2.05) is 12.1 Å². The Labute approximate surface area is 154 Å². The first-order valence-corrected chi connectivity index (χ1v) is 9.03. The van der Waals surface area contributed by atoms with Gasteiger partial charge < -0.3 is 9.80 Å². The van der Waals surface area contributed by atoms with Gasteiger partial charge in [0.1, 0.15) is 11.0 Å². The largest absolute Gasteiger partial charge is 0.331 e. The van der Waals surface area contributed by atoms with E-state index >= 15 is 0 Å². The zero-order valence-electron chi connectivity index (χ0n) is 13.9. The first kappa shape index (κ1) is 17.6. The van der Waals surface area contributed by atoms with Gasteiger partial charge in [-0.15, -0.1) is 10.2 Å². The van der Waals surface area contributed by atoms with Gasteiger partial charge in [-0.3, -0.25) is 10.1 Å². The Kier molecular flexibility index (Phi) is 5.19. The topological polar surface area (TPSA) is 78.4 Å². The Morgan fingerprint density at radius 1 is 1.36 bits per heavy atom. The molecule has 1 atom stereocenters. The molecule has 1 N–H and O–H groups in total. The van der Waals surface area contributed by atoms with Crippen LogP contribution in [0.4, 0.5) is 9.93 Å². The quantitative estimate of drug-likeness (QED) is 0.889. The highest BCUT2D eigenvalue weighted by Gasteiger charge is 2.35. The highest BCUT2D eigenvalue weighted by molar-refractivity contribution is 7.18. The van der Waals surface area contributed by atoms with Crippen molar-refractivity contribution >= 4 is 40.0 Å². The van der Waals surface area contributed by atoms with E-state index < -0.39 is 6.04 Å². The smallest absolute Gasteiger partial charge is 0.320 e. The van der Waals surface area contributed by atoms with Crippen molar-refractivity contribution in [2.75, 3.05) is 26.0 Å². The lowest BCUT2D eigenvalue weighted by Crippen LogP contribution is -2.47. The van der Waals surface area contributed by atoms with Gasteiger partial charge in [0.25, 0.3) is 0 Å². The molecule has 3 rings (SSSR count). The van der Waals surface area contributed by atoms with E-state index in [1.165, 1.54) is 16.2 Å². The molecule has 0 aliphatic carbocycles. The average molecular weight is 380 g/mol. The van der Waals surface area contributed by atoms with Crippen molar-refractivity contribution in [2.24, 2.45) is 0 Å². The van der Waals surface area contributed by atoms with Gasteiger partial charge in [0, 0.05) is 31.2 Å². The maximum atomic E-state index is 12.5. The third kappa shape index (κ3) is 3.91. The van der Waals surface area contributed by atoms with E-state index in [4.69, 9.17) is 11.6 Å². The number of halogens is 1. The van der Waals surface area contributed by atoms with Crippen molar-refractivity contribution in [3.05, 3.63) is 29.3 Å². The van der Waals surface area contributed by atoms with E-state index in [0.29, 0.717) is 28.1 Å². The summed E-state index contributed by atoms with van der Waals surface area (Å²) in [5.74, 6) is -0.235. The molecule has 132 valence electrons. The molecular weight excluding hydrogens is 362 g/mol. The van der Waals surface area contributed by atoms with Crippen LogP contribution in [0.1, 0.15) is 12.8 Å². The second-order valence-corrected chi connectivity index (χ2v) is 7.35. The first-order valence-electron chi connectivity index (χ1n) is 7.84. The lowest BCUT2D eigenvalue weighted by Gasteiger charge is -2.26. The molecule has 1 aliphatic rings. The van der Waals surface area contributed by atoms with Crippen LogP contribution in [0.3, 0.4) is 0 Å². The van der Waals surface area contributed by atoms with Gasteiger partial charge >= 0.3 is 6.03 Å². The maximum absolute atomic E-state index is 12.5. The minimum atomic E-state index is -0.478. The van der Waals surface area contributed by atoms with Gasteiger partial charge in [0.15, 0.2) is 0 Å². The molecule has 25 heavy (non-hydrogen) atoms. The fourth-order valence-corrected chi connectivity index (χ4v) is 3.66. The summed E-state index contributed by atoms with van der Waals surface area (Å²) in [5, 5.41) is 12.6. The predicted octanol–water partition coefficient (Wildman–Crippen LogP) is 2.94. The molecule has 0 radical (unpaired) electrons. The number of likely N-dealkylation sites (tertiary alicyclic amines) is 1. The molecule has 2 heterocycles. The number of nitrogens with zero attached hydrogens (tertiary/aromatic N) is 4. The maximum Gasteiger partial charge on any atom is 0.320 e. The highest BCUT2D eigenvalue weighted by atomic mass is 35.5. The Hall–Kier alpha value is -2.19. The molecule has 0 bridgehead atoms. The van der Waals surface area contributed by atoms with E-state index in [0.717, 1.165) is 12.0 Å². The molecule has 1 unspecified atom stereocenters. The molecular formula is C16H18ClN5O2S. The van der Waals surface area contributed by atoms with Gasteiger partial charge in [-0.05, 0) is 25.0 Å². The van der Waals surface area contributed by atoms with E-state index in [9.17, 15) is 9.59 Å². The van der Waals surface area contributed by atoms with Crippen LogP contribution in [0.2, 0.25) is 5.02 Å². The van der Waals surface area contributed by atoms with Crippen molar-refractivity contribution in [3.63, 3.8) is 0 Å². The molecule has 0 spiro atoms.